The molecule has 1 heterocycles. The highest BCUT2D eigenvalue weighted by Gasteiger charge is 2.15. The summed E-state index contributed by atoms with van der Waals surface area (Å²) in [5.74, 6) is 0.868. The normalized spacial score (nSPS) is 11.6. The van der Waals surface area contributed by atoms with Crippen molar-refractivity contribution in [1.29, 1.82) is 0 Å². The number of nitrogens with one attached hydrogen (secondary N) is 1. The molecule has 1 aromatic heterocycles. The van der Waals surface area contributed by atoms with Crippen LogP contribution in [0.1, 0.15) is 36.5 Å². The first-order valence-electron chi connectivity index (χ1n) is 9.75. The van der Waals surface area contributed by atoms with Crippen LogP contribution >= 0.6 is 23.2 Å². The molecule has 0 atom stereocenters. The number of ether oxygens (including phenoxy) is 1. The van der Waals surface area contributed by atoms with Gasteiger partial charge in [-0.15, -0.1) is 0 Å². The van der Waals surface area contributed by atoms with Gasteiger partial charge in [-0.3, -0.25) is 4.79 Å². The molecule has 0 saturated heterocycles. The number of amides is 1. The summed E-state index contributed by atoms with van der Waals surface area (Å²) < 4.78 is 29.7. The number of benzene rings is 2. The number of aromatic nitrogens is 2. The van der Waals surface area contributed by atoms with Crippen LogP contribution in [0.3, 0.4) is 0 Å². The summed E-state index contributed by atoms with van der Waals surface area (Å²) in [6, 6.07) is 8.86. The first kappa shape index (κ1) is 24.1. The molecule has 0 spiro atoms. The van der Waals surface area contributed by atoms with Gasteiger partial charge in [-0.1, -0.05) is 43.1 Å². The second-order valence-electron chi connectivity index (χ2n) is 7.75. The van der Waals surface area contributed by atoms with Crippen molar-refractivity contribution in [3.8, 4) is 11.5 Å². The predicted octanol–water partition coefficient (Wildman–Crippen LogP) is 5.40. The molecule has 7 nitrogen and oxygen atoms in total. The van der Waals surface area contributed by atoms with Crippen LogP contribution in [0.25, 0.3) is 0 Å². The van der Waals surface area contributed by atoms with E-state index in [1.54, 1.807) is 0 Å². The molecule has 0 radical (unpaired) electrons. The number of anilines is 1. The van der Waals surface area contributed by atoms with E-state index in [1.165, 1.54) is 30.1 Å². The van der Waals surface area contributed by atoms with Crippen molar-refractivity contribution in [2.45, 2.75) is 33.1 Å². The van der Waals surface area contributed by atoms with Crippen LogP contribution in [0.5, 0.6) is 11.5 Å². The molecule has 0 unspecified atom stereocenters. The molecular weight excluding hydrogens is 473 g/mol. The average Bonchev–Trinajstić information content (AvgIpc) is 3.14. The highest BCUT2D eigenvalue weighted by molar-refractivity contribution is 7.89. The van der Waals surface area contributed by atoms with Crippen LogP contribution in [0, 0.1) is 6.92 Å². The van der Waals surface area contributed by atoms with E-state index in [-0.39, 0.29) is 22.4 Å². The van der Waals surface area contributed by atoms with E-state index in [4.69, 9.17) is 27.9 Å². The highest BCUT2D eigenvalue weighted by Crippen LogP contribution is 2.39. The van der Waals surface area contributed by atoms with Crippen molar-refractivity contribution in [2.75, 3.05) is 11.6 Å². The largest absolute Gasteiger partial charge is 0.454 e. The highest BCUT2D eigenvalue weighted by atomic mass is 35.5. The van der Waals surface area contributed by atoms with Crippen LogP contribution in [-0.4, -0.2) is 29.8 Å². The predicted molar refractivity (Wildman–Crippen MR) is 127 cm³/mol. The maximum absolute atomic E-state index is 12.4. The number of hydrogen-bond acceptors (Lipinski definition) is 5. The number of hydrogen-bond donors (Lipinski definition) is 1. The Hall–Kier alpha value is -2.55. The Morgan fingerprint density at radius 3 is 2.41 bits per heavy atom. The van der Waals surface area contributed by atoms with Gasteiger partial charge in [0.2, 0.25) is 5.91 Å². The Morgan fingerprint density at radius 2 is 1.84 bits per heavy atom. The minimum absolute atomic E-state index is 0.0651. The monoisotopic (exact) mass is 495 g/mol. The van der Waals surface area contributed by atoms with Crippen LogP contribution in [-0.2, 0) is 21.2 Å². The van der Waals surface area contributed by atoms with Crippen LogP contribution < -0.4 is 10.1 Å². The lowest BCUT2D eigenvalue weighted by Gasteiger charge is -2.15. The van der Waals surface area contributed by atoms with E-state index in [0.29, 0.717) is 28.7 Å². The molecule has 0 aliphatic rings. The van der Waals surface area contributed by atoms with Gasteiger partial charge >= 0.3 is 0 Å². The van der Waals surface area contributed by atoms with E-state index in [9.17, 15) is 13.2 Å². The van der Waals surface area contributed by atoms with Crippen LogP contribution in [0.4, 0.5) is 5.69 Å². The van der Waals surface area contributed by atoms with Crippen molar-refractivity contribution in [3.63, 3.8) is 0 Å². The molecule has 2 aromatic carbocycles. The second-order valence-corrected chi connectivity index (χ2v) is 10.4. The van der Waals surface area contributed by atoms with Crippen LogP contribution in [0.15, 0.2) is 42.7 Å². The van der Waals surface area contributed by atoms with Gasteiger partial charge in [0.05, 0.1) is 28.9 Å². The topological polar surface area (TPSA) is 90.3 Å². The Bertz CT molecular complexity index is 1250. The summed E-state index contributed by atoms with van der Waals surface area (Å²) in [6.07, 6.45) is 3.57. The van der Waals surface area contributed by atoms with Gasteiger partial charge in [-0.25, -0.2) is 8.42 Å². The molecule has 3 rings (SSSR count). The molecule has 170 valence electrons. The fourth-order valence-corrected chi connectivity index (χ4v) is 4.26. The Morgan fingerprint density at radius 1 is 1.19 bits per heavy atom. The Labute approximate surface area is 197 Å². The lowest BCUT2D eigenvalue weighted by molar-refractivity contribution is -0.115. The van der Waals surface area contributed by atoms with Crippen molar-refractivity contribution >= 4 is 44.8 Å². The molecule has 1 N–H and O–H groups in total. The molecule has 0 bridgehead atoms. The first-order chi connectivity index (χ1) is 14.9. The number of rotatable bonds is 7. The number of aryl methyl sites for hydroxylation is 1. The van der Waals surface area contributed by atoms with Gasteiger partial charge in [-0.05, 0) is 48.2 Å². The number of carbonyl (C=O) groups is 1. The van der Waals surface area contributed by atoms with Crippen LogP contribution in [0.2, 0.25) is 10.0 Å². The van der Waals surface area contributed by atoms with Gasteiger partial charge in [0.25, 0.3) is 10.0 Å². The lowest BCUT2D eigenvalue weighted by Crippen LogP contribution is -2.14. The molecule has 0 fully saturated rings. The molecule has 3 aromatic rings. The Balaban J connectivity index is 1.73. The fraction of sp³-hybridized carbons (Fsp3) is 0.273. The van der Waals surface area contributed by atoms with Gasteiger partial charge < -0.3 is 10.1 Å². The first-order valence-corrected chi connectivity index (χ1v) is 12.4. The van der Waals surface area contributed by atoms with Gasteiger partial charge in [0.1, 0.15) is 5.75 Å². The summed E-state index contributed by atoms with van der Waals surface area (Å²) >= 11 is 12.7. The van der Waals surface area contributed by atoms with E-state index >= 15 is 0 Å². The summed E-state index contributed by atoms with van der Waals surface area (Å²) in [5, 5.41) is 6.91. The summed E-state index contributed by atoms with van der Waals surface area (Å²) in [4.78, 5) is 12.4. The summed E-state index contributed by atoms with van der Waals surface area (Å²) in [5.41, 5.74) is 3.17. The van der Waals surface area contributed by atoms with E-state index in [0.717, 1.165) is 15.9 Å². The number of halogens is 2. The maximum Gasteiger partial charge on any atom is 0.250 e. The third kappa shape index (κ3) is 5.82. The van der Waals surface area contributed by atoms with E-state index in [1.807, 2.05) is 25.1 Å². The maximum atomic E-state index is 12.4. The third-order valence-corrected chi connectivity index (χ3v) is 6.13. The number of carbonyl (C=O) groups excluding carboxylic acids is 1. The molecule has 0 aliphatic carbocycles. The zero-order chi connectivity index (χ0) is 23.6. The average molecular weight is 496 g/mol. The van der Waals surface area contributed by atoms with Crippen molar-refractivity contribution < 1.29 is 17.9 Å². The molecule has 32 heavy (non-hydrogen) atoms. The van der Waals surface area contributed by atoms with E-state index < -0.39 is 10.0 Å². The summed E-state index contributed by atoms with van der Waals surface area (Å²) in [7, 11) is -3.50. The van der Waals surface area contributed by atoms with Crippen molar-refractivity contribution in [1.82, 2.24) is 9.19 Å². The summed E-state index contributed by atoms with van der Waals surface area (Å²) in [6.45, 7) is 6.26. The zero-order valence-corrected chi connectivity index (χ0v) is 20.3. The van der Waals surface area contributed by atoms with Gasteiger partial charge in [0, 0.05) is 17.4 Å². The minimum atomic E-state index is -3.50. The van der Waals surface area contributed by atoms with Gasteiger partial charge in [0.15, 0.2) is 5.75 Å². The SMILES string of the molecule is Cc1ccc(Oc2c(Cl)cc(NC(=O)Cc3cnn(S(C)(=O)=O)c3)cc2Cl)cc1C(C)C. The van der Waals surface area contributed by atoms with Crippen molar-refractivity contribution in [2.24, 2.45) is 0 Å². The molecule has 10 heteroatoms. The molecule has 1 amide bonds. The fourth-order valence-electron chi connectivity index (χ4n) is 3.15. The minimum Gasteiger partial charge on any atom is -0.454 e. The standard InChI is InChI=1S/C22H23Cl2N3O4S/c1-13(2)18-10-17(6-5-14(18)3)31-22-19(23)8-16(9-20(22)24)26-21(28)7-15-11-25-27(12-15)32(4,29)30/h5-6,8-13H,7H2,1-4H3,(H,26,28). The number of nitrogens with zero attached hydrogens (tertiary/aromatic N) is 2. The van der Waals surface area contributed by atoms with Crippen molar-refractivity contribution in [3.05, 3.63) is 69.5 Å². The smallest absolute Gasteiger partial charge is 0.250 e. The second kappa shape index (κ2) is 9.52. The molecule has 0 saturated carbocycles. The van der Waals surface area contributed by atoms with Gasteiger partial charge in [-0.2, -0.15) is 9.19 Å². The molecular formula is C22H23Cl2N3O4S. The zero-order valence-electron chi connectivity index (χ0n) is 18.0. The lowest BCUT2D eigenvalue weighted by atomic mass is 9.98. The Kier molecular flexibility index (Phi) is 7.17. The quantitative estimate of drug-likeness (QED) is 0.473. The third-order valence-electron chi connectivity index (χ3n) is 4.69. The molecule has 0 aliphatic heterocycles. The van der Waals surface area contributed by atoms with E-state index in [2.05, 4.69) is 24.3 Å².